The summed E-state index contributed by atoms with van der Waals surface area (Å²) in [6.07, 6.45) is 0.0179. The SMILES string of the molecule is COc1ccc([C@]2(O)CSC3=C(C#N)[C@H](c4cc(OC)c(OC)c(OC)c4)CC(=O)N32)cc1. The summed E-state index contributed by atoms with van der Waals surface area (Å²) in [5.74, 6) is 1.40. The van der Waals surface area contributed by atoms with E-state index < -0.39 is 11.6 Å². The Morgan fingerprint density at radius 2 is 1.70 bits per heavy atom. The van der Waals surface area contributed by atoms with Crippen LogP contribution in [0.4, 0.5) is 0 Å². The molecule has 0 radical (unpaired) electrons. The molecule has 172 valence electrons. The van der Waals surface area contributed by atoms with Gasteiger partial charge in [-0.25, -0.2) is 0 Å². The van der Waals surface area contributed by atoms with Crippen molar-refractivity contribution in [2.24, 2.45) is 0 Å². The normalized spacial score (nSPS) is 22.0. The number of amides is 1. The van der Waals surface area contributed by atoms with E-state index in [-0.39, 0.29) is 18.1 Å². The lowest BCUT2D eigenvalue weighted by Crippen LogP contribution is -2.48. The number of carbonyl (C=O) groups is 1. The first-order valence-electron chi connectivity index (χ1n) is 10.2. The molecule has 2 aromatic rings. The third-order valence-electron chi connectivity index (χ3n) is 5.95. The van der Waals surface area contributed by atoms with Crippen LogP contribution in [-0.4, -0.2) is 50.1 Å². The Hall–Kier alpha value is -3.35. The molecule has 1 saturated heterocycles. The average Bonchev–Trinajstić information content (AvgIpc) is 3.21. The first-order chi connectivity index (χ1) is 15.9. The molecule has 2 aromatic carbocycles. The quantitative estimate of drug-likeness (QED) is 0.689. The third-order valence-corrected chi connectivity index (χ3v) is 7.18. The number of nitriles is 1. The number of aliphatic hydroxyl groups is 1. The van der Waals surface area contributed by atoms with E-state index in [1.54, 1.807) is 43.5 Å². The molecule has 0 aromatic heterocycles. The highest BCUT2D eigenvalue weighted by atomic mass is 32.2. The second-order valence-electron chi connectivity index (χ2n) is 7.61. The van der Waals surface area contributed by atoms with Gasteiger partial charge in [-0.2, -0.15) is 5.26 Å². The molecule has 33 heavy (non-hydrogen) atoms. The van der Waals surface area contributed by atoms with Gasteiger partial charge in [0.15, 0.2) is 17.2 Å². The zero-order valence-electron chi connectivity index (χ0n) is 18.7. The number of nitrogens with zero attached hydrogens (tertiary/aromatic N) is 2. The number of fused-ring (bicyclic) bond motifs is 1. The summed E-state index contributed by atoms with van der Waals surface area (Å²) in [7, 11) is 6.10. The van der Waals surface area contributed by atoms with Gasteiger partial charge in [-0.15, -0.1) is 11.8 Å². The van der Waals surface area contributed by atoms with Crippen molar-refractivity contribution in [3.05, 3.63) is 58.1 Å². The maximum Gasteiger partial charge on any atom is 0.231 e. The Morgan fingerprint density at radius 3 is 2.21 bits per heavy atom. The van der Waals surface area contributed by atoms with Gasteiger partial charge in [0.1, 0.15) is 5.75 Å². The van der Waals surface area contributed by atoms with Gasteiger partial charge in [-0.1, -0.05) is 12.1 Å². The van der Waals surface area contributed by atoms with Gasteiger partial charge in [0.05, 0.1) is 50.9 Å². The van der Waals surface area contributed by atoms with E-state index in [2.05, 4.69) is 6.07 Å². The van der Waals surface area contributed by atoms with Crippen molar-refractivity contribution in [1.82, 2.24) is 4.90 Å². The number of rotatable bonds is 6. The predicted octanol–water partition coefficient (Wildman–Crippen LogP) is 3.36. The summed E-state index contributed by atoms with van der Waals surface area (Å²) in [5.41, 5.74) is 0.120. The molecule has 1 amide bonds. The van der Waals surface area contributed by atoms with Crippen LogP contribution in [0.5, 0.6) is 23.0 Å². The highest BCUT2D eigenvalue weighted by Crippen LogP contribution is 2.53. The Labute approximate surface area is 196 Å². The van der Waals surface area contributed by atoms with Crippen LogP contribution in [0.2, 0.25) is 0 Å². The summed E-state index contributed by atoms with van der Waals surface area (Å²) in [4.78, 5) is 14.7. The van der Waals surface area contributed by atoms with Crippen molar-refractivity contribution in [3.63, 3.8) is 0 Å². The van der Waals surface area contributed by atoms with Gasteiger partial charge in [-0.05, 0) is 29.8 Å². The predicted molar refractivity (Wildman–Crippen MR) is 122 cm³/mol. The Balaban J connectivity index is 1.80. The first kappa shape index (κ1) is 22.8. The minimum absolute atomic E-state index is 0.0179. The fourth-order valence-corrected chi connectivity index (χ4v) is 5.64. The molecule has 2 aliphatic heterocycles. The molecule has 0 bridgehead atoms. The van der Waals surface area contributed by atoms with Crippen LogP contribution in [0, 0.1) is 11.3 Å². The summed E-state index contributed by atoms with van der Waals surface area (Å²) in [6, 6.07) is 12.7. The molecule has 2 aliphatic rings. The van der Waals surface area contributed by atoms with Gasteiger partial charge < -0.3 is 24.1 Å². The Morgan fingerprint density at radius 1 is 1.06 bits per heavy atom. The maximum absolute atomic E-state index is 13.4. The molecule has 4 rings (SSSR count). The number of methoxy groups -OCH3 is 4. The molecule has 2 atom stereocenters. The minimum atomic E-state index is -1.55. The number of ether oxygens (including phenoxy) is 4. The van der Waals surface area contributed by atoms with Gasteiger partial charge in [0, 0.05) is 17.9 Å². The number of thioether (sulfide) groups is 1. The molecular weight excluding hydrogens is 444 g/mol. The van der Waals surface area contributed by atoms with E-state index in [1.807, 2.05) is 0 Å². The van der Waals surface area contributed by atoms with Crippen LogP contribution in [0.15, 0.2) is 47.0 Å². The third kappa shape index (κ3) is 3.65. The fourth-order valence-electron chi connectivity index (χ4n) is 4.28. The van der Waals surface area contributed by atoms with Gasteiger partial charge in [-0.3, -0.25) is 9.69 Å². The second-order valence-corrected chi connectivity index (χ2v) is 8.57. The Kier molecular flexibility index (Phi) is 6.15. The number of carbonyl (C=O) groups excluding carboxylic acids is 1. The van der Waals surface area contributed by atoms with Crippen LogP contribution in [0.1, 0.15) is 23.5 Å². The summed E-state index contributed by atoms with van der Waals surface area (Å²) in [5, 5.41) is 22.1. The standard InChI is InChI=1S/C24H24N2O6S/c1-29-16-7-5-15(6-8-16)24(28)13-33-23-18(12-25)17(11-21(27)26(23)24)14-9-19(30-2)22(32-4)20(10-14)31-3/h5-10,17,28H,11,13H2,1-4H3/t17-,24+/m0/s1. The van der Waals surface area contributed by atoms with E-state index >= 15 is 0 Å². The van der Waals surface area contributed by atoms with E-state index in [4.69, 9.17) is 18.9 Å². The topological polar surface area (TPSA) is 101 Å². The van der Waals surface area contributed by atoms with Crippen LogP contribution in [-0.2, 0) is 10.5 Å². The lowest BCUT2D eigenvalue weighted by atomic mass is 9.85. The number of hydrogen-bond donors (Lipinski definition) is 1. The van der Waals surface area contributed by atoms with Crippen LogP contribution in [0.3, 0.4) is 0 Å². The van der Waals surface area contributed by atoms with Crippen LogP contribution >= 0.6 is 11.8 Å². The molecule has 9 heteroatoms. The highest BCUT2D eigenvalue weighted by molar-refractivity contribution is 8.03. The number of hydrogen-bond acceptors (Lipinski definition) is 8. The fraction of sp³-hybridized carbons (Fsp3) is 0.333. The summed E-state index contributed by atoms with van der Waals surface area (Å²) >= 11 is 1.29. The molecule has 1 fully saturated rings. The molecule has 1 N–H and O–H groups in total. The van der Waals surface area contributed by atoms with Crippen molar-refractivity contribution in [3.8, 4) is 29.1 Å². The van der Waals surface area contributed by atoms with Crippen molar-refractivity contribution in [1.29, 1.82) is 5.26 Å². The molecular formula is C24H24N2O6S. The number of allylic oxidation sites excluding steroid dienone is 1. The largest absolute Gasteiger partial charge is 0.497 e. The van der Waals surface area contributed by atoms with Crippen molar-refractivity contribution in [2.75, 3.05) is 34.2 Å². The zero-order chi connectivity index (χ0) is 23.8. The number of benzene rings is 2. The van der Waals surface area contributed by atoms with Crippen LogP contribution < -0.4 is 18.9 Å². The van der Waals surface area contributed by atoms with Crippen molar-refractivity contribution < 1.29 is 28.8 Å². The molecule has 0 saturated carbocycles. The average molecular weight is 469 g/mol. The van der Waals surface area contributed by atoms with Crippen molar-refractivity contribution >= 4 is 17.7 Å². The van der Waals surface area contributed by atoms with E-state index in [0.717, 1.165) is 0 Å². The molecule has 0 aliphatic carbocycles. The van der Waals surface area contributed by atoms with Crippen molar-refractivity contribution in [2.45, 2.75) is 18.1 Å². The summed E-state index contributed by atoms with van der Waals surface area (Å²) < 4.78 is 21.5. The lowest BCUT2D eigenvalue weighted by molar-refractivity contribution is -0.149. The molecule has 8 nitrogen and oxygen atoms in total. The molecule has 0 unspecified atom stereocenters. The van der Waals surface area contributed by atoms with E-state index in [0.29, 0.717) is 44.7 Å². The lowest BCUT2D eigenvalue weighted by Gasteiger charge is -2.38. The smallest absolute Gasteiger partial charge is 0.231 e. The summed E-state index contributed by atoms with van der Waals surface area (Å²) in [6.45, 7) is 0. The second kappa shape index (κ2) is 8.89. The highest BCUT2D eigenvalue weighted by Gasteiger charge is 2.52. The van der Waals surface area contributed by atoms with Crippen LogP contribution in [0.25, 0.3) is 0 Å². The van der Waals surface area contributed by atoms with E-state index in [9.17, 15) is 15.2 Å². The van der Waals surface area contributed by atoms with Gasteiger partial charge in [0.25, 0.3) is 0 Å². The maximum atomic E-state index is 13.4. The van der Waals surface area contributed by atoms with E-state index in [1.165, 1.54) is 38.0 Å². The first-order valence-corrected chi connectivity index (χ1v) is 11.2. The minimum Gasteiger partial charge on any atom is -0.497 e. The molecule has 0 spiro atoms. The Bertz CT molecular complexity index is 1130. The zero-order valence-corrected chi connectivity index (χ0v) is 19.6. The van der Waals surface area contributed by atoms with Gasteiger partial charge in [0.2, 0.25) is 11.7 Å². The van der Waals surface area contributed by atoms with Gasteiger partial charge >= 0.3 is 0 Å². The monoisotopic (exact) mass is 468 g/mol. The molecule has 2 heterocycles.